The van der Waals surface area contributed by atoms with E-state index in [1.807, 2.05) is 44.2 Å². The van der Waals surface area contributed by atoms with E-state index < -0.39 is 0 Å². The Morgan fingerprint density at radius 3 is 2.70 bits per heavy atom. The van der Waals surface area contributed by atoms with Crippen molar-refractivity contribution in [2.75, 3.05) is 0 Å². The smallest absolute Gasteiger partial charge is 0.152 e. The lowest BCUT2D eigenvalue weighted by molar-refractivity contribution is 0.523. The van der Waals surface area contributed by atoms with Gasteiger partial charge >= 0.3 is 0 Å². The van der Waals surface area contributed by atoms with E-state index in [2.05, 4.69) is 4.98 Å². The normalized spacial score (nSPS) is 12.8. The maximum Gasteiger partial charge on any atom is 0.152 e. The summed E-state index contributed by atoms with van der Waals surface area (Å²) < 4.78 is 5.82. The molecule has 20 heavy (non-hydrogen) atoms. The summed E-state index contributed by atoms with van der Waals surface area (Å²) in [5.74, 6) is 0.696. The molecule has 0 aliphatic rings. The minimum atomic E-state index is -0.341. The number of rotatable bonds is 2. The van der Waals surface area contributed by atoms with Crippen molar-refractivity contribution in [3.05, 3.63) is 64.1 Å². The lowest BCUT2D eigenvalue weighted by atomic mass is 10.0. The lowest BCUT2D eigenvalue weighted by Gasteiger charge is -2.12. The van der Waals surface area contributed by atoms with Gasteiger partial charge in [0.2, 0.25) is 0 Å². The fourth-order valence-electron chi connectivity index (χ4n) is 2.38. The maximum atomic E-state index is 6.30. The molecule has 3 rings (SSSR count). The van der Waals surface area contributed by atoms with Crippen molar-refractivity contribution in [1.29, 1.82) is 0 Å². The number of fused-ring (bicyclic) bond motifs is 1. The molecular formula is C16H15ClN2O. The molecule has 1 atom stereocenters. The van der Waals surface area contributed by atoms with Crippen LogP contribution in [0.15, 0.2) is 40.8 Å². The predicted octanol–water partition coefficient (Wildman–Crippen LogP) is 4.15. The number of aryl methyl sites for hydroxylation is 2. The molecule has 0 fully saturated rings. The first kappa shape index (κ1) is 13.2. The van der Waals surface area contributed by atoms with Gasteiger partial charge in [-0.2, -0.15) is 0 Å². The number of hydrogen-bond acceptors (Lipinski definition) is 3. The van der Waals surface area contributed by atoms with E-state index in [1.165, 1.54) is 0 Å². The molecule has 3 nitrogen and oxygen atoms in total. The molecule has 2 N–H and O–H groups in total. The second kappa shape index (κ2) is 4.93. The SMILES string of the molecule is Cc1ccc(C(N)c2cc3cccc(Cl)c3o2)c(C)n1. The van der Waals surface area contributed by atoms with Gasteiger partial charge in [0.15, 0.2) is 5.58 Å². The Morgan fingerprint density at radius 1 is 1.20 bits per heavy atom. The van der Waals surface area contributed by atoms with Gasteiger partial charge in [0.1, 0.15) is 5.76 Å². The molecule has 0 spiro atoms. The van der Waals surface area contributed by atoms with Gasteiger partial charge in [-0.3, -0.25) is 4.98 Å². The zero-order valence-electron chi connectivity index (χ0n) is 11.4. The van der Waals surface area contributed by atoms with Crippen LogP contribution in [0.4, 0.5) is 0 Å². The Hall–Kier alpha value is -1.84. The Balaban J connectivity index is 2.08. The Kier molecular flexibility index (Phi) is 3.24. The fourth-order valence-corrected chi connectivity index (χ4v) is 2.60. The van der Waals surface area contributed by atoms with E-state index in [0.29, 0.717) is 16.4 Å². The van der Waals surface area contributed by atoms with Gasteiger partial charge in [0.25, 0.3) is 0 Å². The highest BCUT2D eigenvalue weighted by molar-refractivity contribution is 6.34. The molecule has 0 amide bonds. The zero-order valence-corrected chi connectivity index (χ0v) is 12.1. The summed E-state index contributed by atoms with van der Waals surface area (Å²) in [6, 6.07) is 11.2. The van der Waals surface area contributed by atoms with Crippen LogP contribution in [0.2, 0.25) is 5.02 Å². The average Bonchev–Trinajstić information content (AvgIpc) is 2.83. The van der Waals surface area contributed by atoms with Crippen LogP contribution >= 0.6 is 11.6 Å². The van der Waals surface area contributed by atoms with E-state index in [9.17, 15) is 0 Å². The summed E-state index contributed by atoms with van der Waals surface area (Å²) in [7, 11) is 0. The van der Waals surface area contributed by atoms with Gasteiger partial charge in [-0.15, -0.1) is 0 Å². The number of para-hydroxylation sites is 1. The second-order valence-corrected chi connectivity index (χ2v) is 5.32. The maximum absolute atomic E-state index is 6.30. The number of aromatic nitrogens is 1. The second-order valence-electron chi connectivity index (χ2n) is 4.91. The molecule has 0 bridgehead atoms. The first-order chi connectivity index (χ1) is 9.56. The molecule has 0 aliphatic heterocycles. The summed E-state index contributed by atoms with van der Waals surface area (Å²) >= 11 is 6.13. The highest BCUT2D eigenvalue weighted by Crippen LogP contribution is 2.31. The number of benzene rings is 1. The third kappa shape index (κ3) is 2.19. The van der Waals surface area contributed by atoms with E-state index in [1.54, 1.807) is 6.07 Å². The first-order valence-electron chi connectivity index (χ1n) is 6.44. The number of nitrogens with zero attached hydrogens (tertiary/aromatic N) is 1. The average molecular weight is 287 g/mol. The molecule has 2 aromatic heterocycles. The predicted molar refractivity (Wildman–Crippen MR) is 81.0 cm³/mol. The quantitative estimate of drug-likeness (QED) is 0.770. The van der Waals surface area contributed by atoms with Gasteiger partial charge < -0.3 is 10.2 Å². The Morgan fingerprint density at radius 2 is 2.00 bits per heavy atom. The molecule has 0 aliphatic carbocycles. The molecule has 2 heterocycles. The largest absolute Gasteiger partial charge is 0.457 e. The van der Waals surface area contributed by atoms with Gasteiger partial charge in [-0.05, 0) is 37.6 Å². The van der Waals surface area contributed by atoms with Crippen molar-refractivity contribution in [2.24, 2.45) is 5.73 Å². The van der Waals surface area contributed by atoms with Crippen LogP contribution < -0.4 is 5.73 Å². The minimum Gasteiger partial charge on any atom is -0.457 e. The number of pyridine rings is 1. The van der Waals surface area contributed by atoms with Crippen LogP contribution in [0.25, 0.3) is 11.0 Å². The molecule has 3 aromatic rings. The molecule has 1 aromatic carbocycles. The van der Waals surface area contributed by atoms with Crippen LogP contribution in [0.3, 0.4) is 0 Å². The van der Waals surface area contributed by atoms with Gasteiger partial charge in [-0.1, -0.05) is 29.8 Å². The van der Waals surface area contributed by atoms with Crippen molar-refractivity contribution >= 4 is 22.6 Å². The molecule has 0 saturated carbocycles. The highest BCUT2D eigenvalue weighted by atomic mass is 35.5. The topological polar surface area (TPSA) is 52.0 Å². The molecule has 1 unspecified atom stereocenters. The van der Waals surface area contributed by atoms with Crippen LogP contribution in [-0.2, 0) is 0 Å². The third-order valence-corrected chi connectivity index (χ3v) is 3.72. The van der Waals surface area contributed by atoms with Crippen LogP contribution in [0, 0.1) is 13.8 Å². The first-order valence-corrected chi connectivity index (χ1v) is 6.82. The fraction of sp³-hybridized carbons (Fsp3) is 0.188. The summed E-state index contributed by atoms with van der Waals surface area (Å²) in [4.78, 5) is 4.44. The van der Waals surface area contributed by atoms with E-state index in [0.717, 1.165) is 22.3 Å². The van der Waals surface area contributed by atoms with Gasteiger partial charge in [-0.25, -0.2) is 0 Å². The van der Waals surface area contributed by atoms with E-state index in [-0.39, 0.29) is 6.04 Å². The number of nitrogens with two attached hydrogens (primary N) is 1. The van der Waals surface area contributed by atoms with Crippen LogP contribution in [0.5, 0.6) is 0 Å². The Bertz CT molecular complexity index is 779. The summed E-state index contributed by atoms with van der Waals surface area (Å²) in [5.41, 5.74) is 9.84. The van der Waals surface area contributed by atoms with Crippen LogP contribution in [0.1, 0.15) is 28.8 Å². The number of furan rings is 1. The summed E-state index contributed by atoms with van der Waals surface area (Å²) in [6.07, 6.45) is 0. The summed E-state index contributed by atoms with van der Waals surface area (Å²) in [5, 5.41) is 1.56. The monoisotopic (exact) mass is 286 g/mol. The van der Waals surface area contributed by atoms with Gasteiger partial charge in [0, 0.05) is 16.8 Å². The third-order valence-electron chi connectivity index (χ3n) is 3.42. The van der Waals surface area contributed by atoms with Crippen molar-refractivity contribution in [3.8, 4) is 0 Å². The molecular weight excluding hydrogens is 272 g/mol. The molecule has 0 saturated heterocycles. The van der Waals surface area contributed by atoms with Crippen molar-refractivity contribution in [2.45, 2.75) is 19.9 Å². The van der Waals surface area contributed by atoms with Crippen LogP contribution in [-0.4, -0.2) is 4.98 Å². The molecule has 4 heteroatoms. The molecule has 102 valence electrons. The van der Waals surface area contributed by atoms with E-state index in [4.69, 9.17) is 21.8 Å². The number of hydrogen-bond donors (Lipinski definition) is 1. The number of halogens is 1. The standard InChI is InChI=1S/C16H15ClN2O/c1-9-6-7-12(10(2)19-9)15(18)14-8-11-4-3-5-13(17)16(11)20-14/h3-8,15H,18H2,1-2H3. The molecule has 0 radical (unpaired) electrons. The summed E-state index contributed by atoms with van der Waals surface area (Å²) in [6.45, 7) is 3.92. The highest BCUT2D eigenvalue weighted by Gasteiger charge is 2.17. The lowest BCUT2D eigenvalue weighted by Crippen LogP contribution is -2.13. The minimum absolute atomic E-state index is 0.341. The van der Waals surface area contributed by atoms with Gasteiger partial charge in [0.05, 0.1) is 11.1 Å². The Labute approximate surface area is 122 Å². The van der Waals surface area contributed by atoms with Crippen molar-refractivity contribution in [1.82, 2.24) is 4.98 Å². The van der Waals surface area contributed by atoms with Crippen molar-refractivity contribution < 1.29 is 4.42 Å². The van der Waals surface area contributed by atoms with Crippen molar-refractivity contribution in [3.63, 3.8) is 0 Å². The van der Waals surface area contributed by atoms with E-state index >= 15 is 0 Å². The zero-order chi connectivity index (χ0) is 14.3.